The molecule has 0 bridgehead atoms. The predicted molar refractivity (Wildman–Crippen MR) is 140 cm³/mol. The molecule has 5 unspecified atom stereocenters. The lowest BCUT2D eigenvalue weighted by Gasteiger charge is -2.61. The summed E-state index contributed by atoms with van der Waals surface area (Å²) in [6, 6.07) is 0. The third-order valence-corrected chi connectivity index (χ3v) is 9.09. The smallest absolute Gasteiger partial charge is 0.302 e. The second-order valence-corrected chi connectivity index (χ2v) is 11.6. The average molecular weight is 485 g/mol. The third kappa shape index (κ3) is 5.15. The highest BCUT2D eigenvalue weighted by molar-refractivity contribution is 5.66. The van der Waals surface area contributed by atoms with Gasteiger partial charge in [0.25, 0.3) is 5.95 Å². The number of carbonyl (C=O) groups is 1. The summed E-state index contributed by atoms with van der Waals surface area (Å²) in [6.45, 7) is 18.5. The number of fused-ring (bicyclic) bond motifs is 1. The van der Waals surface area contributed by atoms with Gasteiger partial charge in [0, 0.05) is 17.9 Å². The van der Waals surface area contributed by atoms with Gasteiger partial charge < -0.3 is 13.9 Å². The van der Waals surface area contributed by atoms with Gasteiger partial charge >= 0.3 is 5.97 Å². The summed E-state index contributed by atoms with van der Waals surface area (Å²) >= 11 is 0. The number of carbonyl (C=O) groups excluding carboxylic acids is 1. The molecule has 1 heterocycles. The highest BCUT2D eigenvalue weighted by Gasteiger charge is 2.58. The summed E-state index contributed by atoms with van der Waals surface area (Å²) in [4.78, 5) is 25.3. The van der Waals surface area contributed by atoms with Crippen LogP contribution in [0.25, 0.3) is 0 Å². The number of methoxy groups -OCH3 is 1. The molecule has 1 aromatic rings. The van der Waals surface area contributed by atoms with Gasteiger partial charge in [-0.05, 0) is 89.9 Å². The van der Waals surface area contributed by atoms with E-state index in [9.17, 15) is 9.59 Å². The van der Waals surface area contributed by atoms with Crippen molar-refractivity contribution < 1.29 is 18.7 Å². The van der Waals surface area contributed by atoms with Crippen LogP contribution in [-0.4, -0.2) is 19.2 Å². The fraction of sp³-hybridized carbons (Fsp3) is 0.667. The zero-order valence-corrected chi connectivity index (χ0v) is 23.0. The van der Waals surface area contributed by atoms with E-state index >= 15 is 0 Å². The number of esters is 1. The first kappa shape index (κ1) is 27.3. The molecule has 0 aliphatic heterocycles. The Morgan fingerprint density at radius 3 is 2.49 bits per heavy atom. The quantitative estimate of drug-likeness (QED) is 0.312. The Morgan fingerprint density at radius 1 is 1.20 bits per heavy atom. The molecule has 5 nitrogen and oxygen atoms in total. The largest absolute Gasteiger partial charge is 0.468 e. The van der Waals surface area contributed by atoms with Gasteiger partial charge in [0.05, 0.1) is 12.7 Å². The van der Waals surface area contributed by atoms with E-state index in [0.29, 0.717) is 35.2 Å². The Labute approximate surface area is 211 Å². The van der Waals surface area contributed by atoms with Crippen LogP contribution < -0.4 is 10.2 Å². The van der Waals surface area contributed by atoms with Crippen molar-refractivity contribution in [1.82, 2.24) is 0 Å². The zero-order chi connectivity index (χ0) is 26.1. The minimum Gasteiger partial charge on any atom is -0.468 e. The van der Waals surface area contributed by atoms with Crippen molar-refractivity contribution in [1.29, 1.82) is 0 Å². The zero-order valence-electron chi connectivity index (χ0n) is 23.0. The van der Waals surface area contributed by atoms with Crippen molar-refractivity contribution in [3.63, 3.8) is 0 Å². The normalized spacial score (nSPS) is 30.4. The van der Waals surface area contributed by atoms with Crippen molar-refractivity contribution in [3.8, 4) is 5.95 Å². The maximum Gasteiger partial charge on any atom is 0.302 e. The van der Waals surface area contributed by atoms with Crippen LogP contribution in [0.5, 0.6) is 5.95 Å². The summed E-state index contributed by atoms with van der Waals surface area (Å²) in [5, 5.41) is 0. The molecule has 0 radical (unpaired) electrons. The Morgan fingerprint density at radius 2 is 1.89 bits per heavy atom. The molecule has 35 heavy (non-hydrogen) atoms. The minimum atomic E-state index is -0.207. The first-order chi connectivity index (χ1) is 16.3. The minimum absolute atomic E-state index is 0.00374. The number of ether oxygens (including phenoxy) is 2. The lowest BCUT2D eigenvalue weighted by atomic mass is 9.45. The highest BCUT2D eigenvalue weighted by Crippen LogP contribution is 2.63. The molecular formula is C30H44O5. The molecule has 2 aliphatic carbocycles. The van der Waals surface area contributed by atoms with Crippen molar-refractivity contribution in [2.75, 3.05) is 7.11 Å². The monoisotopic (exact) mass is 484 g/mol. The van der Waals surface area contributed by atoms with Crippen LogP contribution in [0.4, 0.5) is 0 Å². The van der Waals surface area contributed by atoms with Crippen LogP contribution >= 0.6 is 0 Å². The topological polar surface area (TPSA) is 65.7 Å². The van der Waals surface area contributed by atoms with E-state index in [2.05, 4.69) is 40.3 Å². The van der Waals surface area contributed by atoms with Gasteiger partial charge in [-0.15, -0.1) is 0 Å². The van der Waals surface area contributed by atoms with E-state index in [1.807, 2.05) is 6.92 Å². The molecule has 194 valence electrons. The van der Waals surface area contributed by atoms with Crippen LogP contribution in [0.2, 0.25) is 0 Å². The Bertz CT molecular complexity index is 1060. The summed E-state index contributed by atoms with van der Waals surface area (Å²) < 4.78 is 17.4. The summed E-state index contributed by atoms with van der Waals surface area (Å²) in [6.07, 6.45) is 8.34. The van der Waals surface area contributed by atoms with Crippen molar-refractivity contribution >= 4 is 5.97 Å². The van der Waals surface area contributed by atoms with Gasteiger partial charge in [-0.2, -0.15) is 0 Å². The molecule has 5 atom stereocenters. The average Bonchev–Trinajstić information content (AvgIpc) is 2.77. The molecule has 0 spiro atoms. The Hall–Kier alpha value is -2.30. The van der Waals surface area contributed by atoms with Gasteiger partial charge in [0.1, 0.15) is 11.9 Å². The predicted octanol–water partition coefficient (Wildman–Crippen LogP) is 6.87. The Balaban J connectivity index is 2.04. The number of hydrogen-bond donors (Lipinski definition) is 0. The molecule has 0 saturated heterocycles. The number of aryl methyl sites for hydroxylation is 1. The van der Waals surface area contributed by atoms with Gasteiger partial charge in [0.15, 0.2) is 5.43 Å². The van der Waals surface area contributed by atoms with E-state index in [1.54, 1.807) is 14.0 Å². The van der Waals surface area contributed by atoms with Gasteiger partial charge in [-0.3, -0.25) is 9.59 Å². The van der Waals surface area contributed by atoms with E-state index in [1.165, 1.54) is 18.1 Å². The van der Waals surface area contributed by atoms with Crippen LogP contribution in [0.3, 0.4) is 0 Å². The molecule has 2 fully saturated rings. The number of hydrogen-bond acceptors (Lipinski definition) is 5. The first-order valence-electron chi connectivity index (χ1n) is 13.0. The Kier molecular flexibility index (Phi) is 8.08. The van der Waals surface area contributed by atoms with E-state index in [4.69, 9.17) is 13.9 Å². The third-order valence-electron chi connectivity index (χ3n) is 9.09. The summed E-state index contributed by atoms with van der Waals surface area (Å²) in [5.41, 5.74) is 3.53. The molecule has 2 saturated carbocycles. The van der Waals surface area contributed by atoms with E-state index in [0.717, 1.165) is 38.5 Å². The fourth-order valence-electron chi connectivity index (χ4n) is 7.05. The lowest BCUT2D eigenvalue weighted by Crippen LogP contribution is -2.57. The lowest BCUT2D eigenvalue weighted by molar-refractivity contribution is -0.178. The van der Waals surface area contributed by atoms with Gasteiger partial charge in [-0.25, -0.2) is 0 Å². The van der Waals surface area contributed by atoms with Crippen molar-refractivity contribution in [2.45, 2.75) is 99.5 Å². The molecular weight excluding hydrogens is 440 g/mol. The van der Waals surface area contributed by atoms with Crippen LogP contribution in [-0.2, 0) is 16.0 Å². The summed E-state index contributed by atoms with van der Waals surface area (Å²) in [5.74, 6) is 1.17. The van der Waals surface area contributed by atoms with Crippen LogP contribution in [0, 0.1) is 36.5 Å². The second-order valence-electron chi connectivity index (χ2n) is 11.6. The molecule has 0 amide bonds. The standard InChI is InChI=1S/C30H44O5/c1-18(2)11-10-15-30(8)25-13-12-19(3)24(29(25,7)16-14-26(30)35-22(6)31)17-23-27(32)20(4)21(5)34-28(23)33-9/h11,24-26H,3,10,12-17H2,1-2,4-9H3. The van der Waals surface area contributed by atoms with Crippen molar-refractivity contribution in [2.24, 2.45) is 22.7 Å². The first-order valence-corrected chi connectivity index (χ1v) is 13.0. The number of rotatable bonds is 7. The van der Waals surface area contributed by atoms with Gasteiger partial charge in [-0.1, -0.05) is 37.6 Å². The highest BCUT2D eigenvalue weighted by atomic mass is 16.6. The molecule has 3 rings (SSSR count). The summed E-state index contributed by atoms with van der Waals surface area (Å²) in [7, 11) is 1.56. The SMILES string of the molecule is C=C1CCC2C(C)(CCC=C(C)C)C(OC(C)=O)CCC2(C)C1Cc1c(OC)oc(C)c(C)c1=O. The van der Waals surface area contributed by atoms with E-state index in [-0.39, 0.29) is 34.2 Å². The second kappa shape index (κ2) is 10.4. The molecule has 0 N–H and O–H groups in total. The molecule has 1 aromatic heterocycles. The molecule has 5 heteroatoms. The molecule has 0 aromatic carbocycles. The molecule has 2 aliphatic rings. The maximum absolute atomic E-state index is 13.3. The fourth-order valence-corrected chi connectivity index (χ4v) is 7.05. The van der Waals surface area contributed by atoms with Crippen molar-refractivity contribution in [3.05, 3.63) is 50.9 Å². The van der Waals surface area contributed by atoms with E-state index < -0.39 is 0 Å². The van der Waals surface area contributed by atoms with Crippen LogP contribution in [0.15, 0.2) is 33.0 Å². The van der Waals surface area contributed by atoms with Gasteiger partial charge in [0.2, 0.25) is 0 Å². The van der Waals surface area contributed by atoms with Crippen LogP contribution in [0.1, 0.15) is 90.0 Å². The maximum atomic E-state index is 13.3. The number of allylic oxidation sites excluding steroid dienone is 3.